The lowest BCUT2D eigenvalue weighted by Gasteiger charge is -2.08. The Bertz CT molecular complexity index is 566. The maximum absolute atomic E-state index is 11.6. The van der Waals surface area contributed by atoms with Crippen molar-refractivity contribution in [1.82, 2.24) is 0 Å². The van der Waals surface area contributed by atoms with Crippen molar-refractivity contribution in [3.63, 3.8) is 0 Å². The van der Waals surface area contributed by atoms with E-state index in [-0.39, 0.29) is 17.7 Å². The molecule has 1 aliphatic carbocycles. The Morgan fingerprint density at radius 3 is 2.47 bits per heavy atom. The van der Waals surface area contributed by atoms with Gasteiger partial charge < -0.3 is 10.2 Å². The predicted molar refractivity (Wildman–Crippen MR) is 56.4 cm³/mol. The van der Waals surface area contributed by atoms with Gasteiger partial charge in [-0.2, -0.15) is 0 Å². The quantitative estimate of drug-likeness (QED) is 0.318. The molecular weight excluding hydrogens is 224 g/mol. The number of phenolic OH excluding ortho intramolecular Hbond substituents is 2. The molecule has 2 rings (SSSR count). The van der Waals surface area contributed by atoms with Gasteiger partial charge in [0.1, 0.15) is 5.94 Å². The molecule has 0 spiro atoms. The number of rotatable bonds is 1. The van der Waals surface area contributed by atoms with Gasteiger partial charge in [-0.15, -0.1) is 0 Å². The van der Waals surface area contributed by atoms with Crippen LogP contribution in [0.5, 0.6) is 11.5 Å². The molecule has 0 bridgehead atoms. The van der Waals surface area contributed by atoms with Gasteiger partial charge in [-0.25, -0.2) is 4.79 Å². The molecule has 0 radical (unpaired) electrons. The minimum atomic E-state index is -0.980. The number of ketones is 2. The van der Waals surface area contributed by atoms with Gasteiger partial charge >= 0.3 is 0 Å². The van der Waals surface area contributed by atoms with E-state index < -0.39 is 23.2 Å². The van der Waals surface area contributed by atoms with Crippen LogP contribution in [-0.2, 0) is 14.4 Å². The van der Waals surface area contributed by atoms with Gasteiger partial charge in [0.05, 0.1) is 17.9 Å². The Labute approximate surface area is 96.0 Å². The zero-order valence-electron chi connectivity index (χ0n) is 8.64. The van der Waals surface area contributed by atoms with Gasteiger partial charge in [-0.05, 0) is 17.7 Å². The molecule has 86 valence electrons. The average molecular weight is 232 g/mol. The van der Waals surface area contributed by atoms with E-state index in [2.05, 4.69) is 0 Å². The molecule has 0 heterocycles. The number of benzene rings is 1. The van der Waals surface area contributed by atoms with E-state index in [0.29, 0.717) is 5.56 Å². The van der Waals surface area contributed by atoms with E-state index >= 15 is 0 Å². The molecule has 1 saturated carbocycles. The number of hydrogen-bond donors (Lipinski definition) is 2. The highest BCUT2D eigenvalue weighted by atomic mass is 16.3. The van der Waals surface area contributed by atoms with Crippen LogP contribution in [-0.4, -0.2) is 27.7 Å². The second-order valence-corrected chi connectivity index (χ2v) is 3.76. The van der Waals surface area contributed by atoms with Gasteiger partial charge in [0.2, 0.25) is 0 Å². The molecule has 1 atom stereocenters. The lowest BCUT2D eigenvalue weighted by Crippen LogP contribution is -2.06. The van der Waals surface area contributed by atoms with Crippen LogP contribution in [0.25, 0.3) is 0 Å². The van der Waals surface area contributed by atoms with Crippen LogP contribution in [0.1, 0.15) is 17.9 Å². The minimum absolute atomic E-state index is 0.222. The fraction of sp³-hybridized carbons (Fsp3) is 0.167. The highest BCUT2D eigenvalue weighted by molar-refractivity contribution is 6.23. The molecule has 5 heteroatoms. The summed E-state index contributed by atoms with van der Waals surface area (Å²) >= 11 is 0. The van der Waals surface area contributed by atoms with Crippen molar-refractivity contribution >= 4 is 17.5 Å². The van der Waals surface area contributed by atoms with Crippen molar-refractivity contribution in [3.05, 3.63) is 29.3 Å². The number of Topliss-reactive ketones (excluding diaryl/α,β-unsaturated/α-hetero) is 2. The van der Waals surface area contributed by atoms with Crippen molar-refractivity contribution < 1.29 is 24.6 Å². The van der Waals surface area contributed by atoms with Crippen LogP contribution in [0, 0.1) is 0 Å². The third-order valence-electron chi connectivity index (χ3n) is 2.69. The molecule has 5 nitrogen and oxygen atoms in total. The maximum Gasteiger partial charge on any atom is 0.178 e. The number of carbonyl (C=O) groups is 2. The Hall–Kier alpha value is -2.39. The number of aromatic hydroxyl groups is 2. The number of phenols is 2. The van der Waals surface area contributed by atoms with E-state index in [0.717, 1.165) is 6.07 Å². The lowest BCUT2D eigenvalue weighted by molar-refractivity contribution is -0.121. The first-order valence-electron chi connectivity index (χ1n) is 4.87. The topological polar surface area (TPSA) is 91.7 Å². The smallest absolute Gasteiger partial charge is 0.178 e. The zero-order chi connectivity index (χ0) is 12.6. The summed E-state index contributed by atoms with van der Waals surface area (Å²) in [6.45, 7) is 0. The molecular formula is C12H8O5. The van der Waals surface area contributed by atoms with Crippen molar-refractivity contribution in [1.29, 1.82) is 0 Å². The van der Waals surface area contributed by atoms with E-state index in [9.17, 15) is 19.5 Å². The van der Waals surface area contributed by atoms with E-state index in [4.69, 9.17) is 5.11 Å². The summed E-state index contributed by atoms with van der Waals surface area (Å²) in [5.41, 5.74) is 0.0783. The second kappa shape index (κ2) is 3.88. The number of allylic oxidation sites excluding steroid dienone is 1. The van der Waals surface area contributed by atoms with Crippen molar-refractivity contribution in [2.24, 2.45) is 0 Å². The van der Waals surface area contributed by atoms with Gasteiger partial charge in [-0.3, -0.25) is 9.59 Å². The SMILES string of the molecule is O=C=C1C(=O)CC(=O)C1c1ccc(O)c(O)c1. The van der Waals surface area contributed by atoms with Crippen LogP contribution >= 0.6 is 0 Å². The summed E-state index contributed by atoms with van der Waals surface area (Å²) in [6.07, 6.45) is -0.323. The highest BCUT2D eigenvalue weighted by Gasteiger charge is 2.38. The van der Waals surface area contributed by atoms with Crippen LogP contribution in [0.15, 0.2) is 23.8 Å². The van der Waals surface area contributed by atoms with Gasteiger partial charge in [-0.1, -0.05) is 6.07 Å². The zero-order valence-corrected chi connectivity index (χ0v) is 8.64. The monoisotopic (exact) mass is 232 g/mol. The summed E-state index contributed by atoms with van der Waals surface area (Å²) < 4.78 is 0. The van der Waals surface area contributed by atoms with Gasteiger partial charge in [0, 0.05) is 0 Å². The summed E-state index contributed by atoms with van der Waals surface area (Å²) in [6, 6.07) is 3.74. The van der Waals surface area contributed by atoms with Gasteiger partial charge in [0.25, 0.3) is 0 Å². The fourth-order valence-electron chi connectivity index (χ4n) is 1.87. The van der Waals surface area contributed by atoms with Crippen LogP contribution < -0.4 is 0 Å². The first-order valence-corrected chi connectivity index (χ1v) is 4.87. The summed E-state index contributed by atoms with van der Waals surface area (Å²) in [4.78, 5) is 33.6. The highest BCUT2D eigenvalue weighted by Crippen LogP contribution is 2.36. The molecule has 0 aromatic heterocycles. The maximum atomic E-state index is 11.6. The molecule has 1 aliphatic rings. The largest absolute Gasteiger partial charge is 0.504 e. The molecule has 17 heavy (non-hydrogen) atoms. The first kappa shape index (κ1) is 11.1. The standard InChI is InChI=1S/C12H8O5/c13-5-7-9(15)4-11(17)12(7)6-1-2-8(14)10(16)3-6/h1-3,12,14,16H,4H2. The third-order valence-corrected chi connectivity index (χ3v) is 2.69. The summed E-state index contributed by atoms with van der Waals surface area (Å²) in [5.74, 6) is -1.18. The predicted octanol–water partition coefficient (Wildman–Crippen LogP) is 0.481. The van der Waals surface area contributed by atoms with E-state index in [1.54, 1.807) is 0 Å². The molecule has 1 unspecified atom stereocenters. The molecule has 2 N–H and O–H groups in total. The molecule has 1 aromatic carbocycles. The van der Waals surface area contributed by atoms with E-state index in [1.807, 2.05) is 0 Å². The minimum Gasteiger partial charge on any atom is -0.504 e. The van der Waals surface area contributed by atoms with Crippen LogP contribution in [0.2, 0.25) is 0 Å². The second-order valence-electron chi connectivity index (χ2n) is 3.76. The molecule has 0 saturated heterocycles. The van der Waals surface area contributed by atoms with Crippen LogP contribution in [0.4, 0.5) is 0 Å². The fourth-order valence-corrected chi connectivity index (χ4v) is 1.87. The Kier molecular flexibility index (Phi) is 2.54. The molecule has 0 aliphatic heterocycles. The van der Waals surface area contributed by atoms with Gasteiger partial charge in [0.15, 0.2) is 23.1 Å². The normalized spacial score (nSPS) is 19.5. The summed E-state index contributed by atoms with van der Waals surface area (Å²) in [7, 11) is 0. The van der Waals surface area contributed by atoms with E-state index in [1.165, 1.54) is 18.1 Å². The Morgan fingerprint density at radius 1 is 1.18 bits per heavy atom. The van der Waals surface area contributed by atoms with Crippen molar-refractivity contribution in [2.45, 2.75) is 12.3 Å². The summed E-state index contributed by atoms with van der Waals surface area (Å²) in [5, 5.41) is 18.5. The third kappa shape index (κ3) is 1.73. The lowest BCUT2D eigenvalue weighted by atomic mass is 9.93. The average Bonchev–Trinajstić information content (AvgIpc) is 2.57. The Balaban J connectivity index is 2.52. The number of hydrogen-bond acceptors (Lipinski definition) is 5. The van der Waals surface area contributed by atoms with Crippen molar-refractivity contribution in [3.8, 4) is 11.5 Å². The number of carbonyl (C=O) groups excluding carboxylic acids is 3. The van der Waals surface area contributed by atoms with Crippen LogP contribution in [0.3, 0.4) is 0 Å². The molecule has 1 aromatic rings. The molecule has 1 fully saturated rings. The first-order chi connectivity index (χ1) is 8.04. The van der Waals surface area contributed by atoms with Crippen molar-refractivity contribution in [2.75, 3.05) is 0 Å². The Morgan fingerprint density at radius 2 is 1.88 bits per heavy atom. The molecule has 0 amide bonds.